The van der Waals surface area contributed by atoms with Gasteiger partial charge in [-0.25, -0.2) is 4.98 Å². The van der Waals surface area contributed by atoms with E-state index in [0.717, 1.165) is 43.9 Å². The second kappa shape index (κ2) is 7.70. The number of ether oxygens (including phenoxy) is 1. The van der Waals surface area contributed by atoms with Crippen LogP contribution in [0.2, 0.25) is 0 Å². The molecule has 0 bridgehead atoms. The van der Waals surface area contributed by atoms with E-state index in [-0.39, 0.29) is 5.91 Å². The summed E-state index contributed by atoms with van der Waals surface area (Å²) in [4.78, 5) is 21.8. The summed E-state index contributed by atoms with van der Waals surface area (Å²) in [6.07, 6.45) is 3.58. The zero-order valence-electron chi connectivity index (χ0n) is 15.9. The molecule has 27 heavy (non-hydrogen) atoms. The van der Waals surface area contributed by atoms with Crippen LogP contribution in [0.1, 0.15) is 40.5 Å². The van der Waals surface area contributed by atoms with Crippen molar-refractivity contribution in [2.45, 2.75) is 31.7 Å². The number of carbonyl (C=O) groups excluding carboxylic acids is 1. The van der Waals surface area contributed by atoms with Crippen molar-refractivity contribution in [2.75, 3.05) is 26.7 Å². The van der Waals surface area contributed by atoms with Gasteiger partial charge in [-0.2, -0.15) is 0 Å². The Hall–Kier alpha value is -2.38. The molecule has 7 nitrogen and oxygen atoms in total. The van der Waals surface area contributed by atoms with Crippen LogP contribution in [0.4, 0.5) is 0 Å². The van der Waals surface area contributed by atoms with Crippen molar-refractivity contribution < 1.29 is 9.53 Å². The summed E-state index contributed by atoms with van der Waals surface area (Å²) in [5.41, 5.74) is 9.49. The molecule has 0 saturated carbocycles. The molecule has 7 heteroatoms. The average molecular weight is 369 g/mol. The predicted molar refractivity (Wildman–Crippen MR) is 103 cm³/mol. The molecule has 0 radical (unpaired) electrons. The average Bonchev–Trinajstić information content (AvgIpc) is 3.37. The summed E-state index contributed by atoms with van der Waals surface area (Å²) in [6.45, 7) is 4.35. The second-order valence-electron chi connectivity index (χ2n) is 7.44. The highest BCUT2D eigenvalue weighted by atomic mass is 16.5. The number of carbonyl (C=O) groups is 1. The summed E-state index contributed by atoms with van der Waals surface area (Å²) in [7, 11) is 1.70. The van der Waals surface area contributed by atoms with Crippen LogP contribution >= 0.6 is 0 Å². The maximum atomic E-state index is 12.7. The number of methoxy groups -OCH3 is 1. The topological polar surface area (TPSA) is 82.3 Å². The Bertz CT molecular complexity index is 797. The molecule has 2 aliphatic heterocycles. The Balaban J connectivity index is 1.41. The molecule has 2 fully saturated rings. The monoisotopic (exact) mass is 369 g/mol. The third-order valence-electron chi connectivity index (χ3n) is 5.91. The first-order valence-corrected chi connectivity index (χ1v) is 9.59. The van der Waals surface area contributed by atoms with Crippen LogP contribution in [0.15, 0.2) is 30.6 Å². The van der Waals surface area contributed by atoms with Gasteiger partial charge in [0.25, 0.3) is 5.91 Å². The smallest absolute Gasteiger partial charge is 0.274 e. The van der Waals surface area contributed by atoms with E-state index >= 15 is 0 Å². The lowest BCUT2D eigenvalue weighted by molar-refractivity contribution is 0.0664. The molecular formula is C20H27N5O2. The van der Waals surface area contributed by atoms with Crippen LogP contribution in [-0.2, 0) is 0 Å². The minimum atomic E-state index is 0.0362. The molecule has 1 aromatic heterocycles. The molecular weight excluding hydrogens is 342 g/mol. The minimum Gasteiger partial charge on any atom is -0.497 e. The molecule has 2 aliphatic rings. The maximum Gasteiger partial charge on any atom is 0.274 e. The summed E-state index contributed by atoms with van der Waals surface area (Å²) in [6, 6.07) is 8.70. The number of hydrazine groups is 1. The van der Waals surface area contributed by atoms with Crippen LogP contribution in [0.25, 0.3) is 0 Å². The molecule has 3 N–H and O–H groups in total. The van der Waals surface area contributed by atoms with Gasteiger partial charge >= 0.3 is 0 Å². The second-order valence-corrected chi connectivity index (χ2v) is 7.44. The van der Waals surface area contributed by atoms with Crippen molar-refractivity contribution in [3.05, 3.63) is 47.5 Å². The molecule has 0 spiro atoms. The van der Waals surface area contributed by atoms with Gasteiger partial charge in [-0.3, -0.25) is 15.6 Å². The fraction of sp³-hybridized carbons (Fsp3) is 0.500. The number of imidazole rings is 1. The number of aromatic amines is 1. The van der Waals surface area contributed by atoms with Gasteiger partial charge in [0.1, 0.15) is 11.4 Å². The number of likely N-dealkylation sites (tertiary alicyclic amines) is 1. The number of aromatic nitrogens is 2. The lowest BCUT2D eigenvalue weighted by atomic mass is 9.80. The van der Waals surface area contributed by atoms with E-state index in [1.807, 2.05) is 17.9 Å². The highest BCUT2D eigenvalue weighted by Crippen LogP contribution is 2.33. The number of hydrogen-bond acceptors (Lipinski definition) is 5. The fourth-order valence-corrected chi connectivity index (χ4v) is 4.34. The van der Waals surface area contributed by atoms with Crippen molar-refractivity contribution in [2.24, 2.45) is 5.92 Å². The van der Waals surface area contributed by atoms with Crippen molar-refractivity contribution >= 4 is 5.91 Å². The van der Waals surface area contributed by atoms with Crippen LogP contribution in [0.5, 0.6) is 5.75 Å². The highest BCUT2D eigenvalue weighted by Gasteiger charge is 2.37. The number of amides is 1. The molecule has 144 valence electrons. The standard InChI is InChI=1S/C20H27N5O2/c1-13-18(22-12-21-13)20(26)25-8-6-14(7-9-25)19-17(11-23-24-19)15-4-3-5-16(10-15)27-2/h3-5,10,12,14,17,19,23-24H,6-9,11H2,1-2H3,(H,21,22). The normalized spacial score (nSPS) is 23.6. The summed E-state index contributed by atoms with van der Waals surface area (Å²) in [5, 5.41) is 0. The number of benzene rings is 1. The van der Waals surface area contributed by atoms with Crippen LogP contribution in [0.3, 0.4) is 0 Å². The number of aryl methyl sites for hydroxylation is 1. The lowest BCUT2D eigenvalue weighted by Crippen LogP contribution is -2.46. The number of nitrogens with one attached hydrogen (secondary N) is 3. The first kappa shape index (κ1) is 18.0. The first-order valence-electron chi connectivity index (χ1n) is 9.59. The molecule has 3 heterocycles. The first-order chi connectivity index (χ1) is 13.2. The van der Waals surface area contributed by atoms with E-state index in [1.54, 1.807) is 13.4 Å². The molecule has 1 aromatic carbocycles. The summed E-state index contributed by atoms with van der Waals surface area (Å²) < 4.78 is 5.39. The van der Waals surface area contributed by atoms with Crippen molar-refractivity contribution in [3.63, 3.8) is 0 Å². The Morgan fingerprint density at radius 1 is 1.30 bits per heavy atom. The predicted octanol–water partition coefficient (Wildman–Crippen LogP) is 1.84. The van der Waals surface area contributed by atoms with E-state index in [9.17, 15) is 4.79 Å². The Morgan fingerprint density at radius 3 is 2.81 bits per heavy atom. The Labute approximate surface area is 159 Å². The van der Waals surface area contributed by atoms with Gasteiger partial charge in [-0.15, -0.1) is 0 Å². The van der Waals surface area contributed by atoms with Crippen molar-refractivity contribution in [1.29, 1.82) is 0 Å². The molecule has 1 amide bonds. The van der Waals surface area contributed by atoms with Gasteiger partial charge in [0.05, 0.1) is 13.4 Å². The van der Waals surface area contributed by atoms with Gasteiger partial charge in [-0.05, 0) is 43.4 Å². The number of hydrogen-bond donors (Lipinski definition) is 3. The number of piperidine rings is 1. The molecule has 2 unspecified atom stereocenters. The van der Waals surface area contributed by atoms with Crippen LogP contribution in [0, 0.1) is 12.8 Å². The highest BCUT2D eigenvalue weighted by molar-refractivity contribution is 5.93. The van der Waals surface area contributed by atoms with E-state index in [2.05, 4.69) is 39.0 Å². The number of H-pyrrole nitrogens is 1. The maximum absolute atomic E-state index is 12.7. The molecule has 2 saturated heterocycles. The van der Waals surface area contributed by atoms with Crippen molar-refractivity contribution in [1.82, 2.24) is 25.7 Å². The summed E-state index contributed by atoms with van der Waals surface area (Å²) in [5.74, 6) is 1.86. The van der Waals surface area contributed by atoms with Gasteiger partial charge < -0.3 is 14.6 Å². The Morgan fingerprint density at radius 2 is 2.11 bits per heavy atom. The van der Waals surface area contributed by atoms with Gasteiger partial charge in [0, 0.05) is 37.3 Å². The molecule has 2 atom stereocenters. The molecule has 0 aliphatic carbocycles. The quantitative estimate of drug-likeness (QED) is 0.766. The Kier molecular flexibility index (Phi) is 5.13. The number of nitrogens with zero attached hydrogens (tertiary/aromatic N) is 2. The lowest BCUT2D eigenvalue weighted by Gasteiger charge is -2.36. The molecule has 2 aromatic rings. The van der Waals surface area contributed by atoms with Gasteiger partial charge in [-0.1, -0.05) is 12.1 Å². The zero-order chi connectivity index (χ0) is 18.8. The van der Waals surface area contributed by atoms with Crippen LogP contribution < -0.4 is 15.6 Å². The molecule has 4 rings (SSSR count). The third kappa shape index (κ3) is 3.57. The fourth-order valence-electron chi connectivity index (χ4n) is 4.34. The van der Waals surface area contributed by atoms with Crippen molar-refractivity contribution in [3.8, 4) is 5.75 Å². The largest absolute Gasteiger partial charge is 0.497 e. The minimum absolute atomic E-state index is 0.0362. The van der Waals surface area contributed by atoms with Crippen LogP contribution in [-0.4, -0.2) is 53.6 Å². The van der Waals surface area contributed by atoms with E-state index in [1.165, 1.54) is 5.56 Å². The van der Waals surface area contributed by atoms with E-state index in [0.29, 0.717) is 23.6 Å². The van der Waals surface area contributed by atoms with Gasteiger partial charge in [0.15, 0.2) is 0 Å². The van der Waals surface area contributed by atoms with E-state index in [4.69, 9.17) is 4.74 Å². The third-order valence-corrected chi connectivity index (χ3v) is 5.91. The SMILES string of the molecule is COc1cccc(C2CNNC2C2CCN(C(=O)c3nc[nH]c3C)CC2)c1. The summed E-state index contributed by atoms with van der Waals surface area (Å²) >= 11 is 0. The van der Waals surface area contributed by atoms with E-state index < -0.39 is 0 Å². The number of rotatable bonds is 4. The zero-order valence-corrected chi connectivity index (χ0v) is 15.9. The van der Waals surface area contributed by atoms with Gasteiger partial charge in [0.2, 0.25) is 0 Å².